The number of carbonyl (C=O) groups is 1. The Balaban J connectivity index is 3.30. The zero-order chi connectivity index (χ0) is 18.5. The fourth-order valence-electron chi connectivity index (χ4n) is 3.13. The maximum atomic E-state index is 10.9. The maximum absolute atomic E-state index is 10.9. The van der Waals surface area contributed by atoms with Gasteiger partial charge in [-0.05, 0) is 34.8 Å². The van der Waals surface area contributed by atoms with Crippen LogP contribution >= 0.6 is 0 Å². The Hall–Kier alpha value is -1.51. The number of hydrogen-bond acceptors (Lipinski definition) is 2. The first-order valence-corrected chi connectivity index (χ1v) is 9.07. The molecule has 0 fully saturated rings. The molecule has 0 aliphatic heterocycles. The van der Waals surface area contributed by atoms with Crippen LogP contribution in [0.4, 0.5) is 0 Å². The zero-order valence-electron chi connectivity index (χ0n) is 16.2. The molecule has 0 heterocycles. The van der Waals surface area contributed by atoms with Crippen molar-refractivity contribution in [3.05, 3.63) is 28.8 Å². The summed E-state index contributed by atoms with van der Waals surface area (Å²) in [5.41, 5.74) is 2.55. The number of aromatic hydroxyl groups is 1. The molecule has 0 unspecified atom stereocenters. The Labute approximate surface area is 147 Å². The van der Waals surface area contributed by atoms with Crippen LogP contribution in [0, 0.1) is 0 Å². The minimum atomic E-state index is -0.788. The van der Waals surface area contributed by atoms with Crippen molar-refractivity contribution in [3.8, 4) is 5.75 Å². The van der Waals surface area contributed by atoms with Crippen molar-refractivity contribution in [2.45, 2.75) is 90.9 Å². The first kappa shape index (κ1) is 20.5. The molecule has 2 N–H and O–H groups in total. The number of unbranched alkanes of at least 4 members (excludes halogenated alkanes) is 2. The minimum absolute atomic E-state index is 0.115. The fraction of sp³-hybridized carbons (Fsp3) is 0.667. The largest absolute Gasteiger partial charge is 0.507 e. The highest BCUT2D eigenvalue weighted by atomic mass is 16.4. The molecule has 0 saturated carbocycles. The standard InChI is InChI=1S/C21H34O3/c1-7-8-9-12-21(5,6)17-14-15(10-11-18(22)23)13-16(19(17)24)20(2,3)4/h13-14,24H,7-12H2,1-6H3,(H,22,23). The van der Waals surface area contributed by atoms with Crippen molar-refractivity contribution in [2.24, 2.45) is 0 Å². The molecule has 136 valence electrons. The predicted molar refractivity (Wildman–Crippen MR) is 99.9 cm³/mol. The zero-order valence-corrected chi connectivity index (χ0v) is 16.2. The lowest BCUT2D eigenvalue weighted by Crippen LogP contribution is -2.21. The van der Waals surface area contributed by atoms with Gasteiger partial charge < -0.3 is 10.2 Å². The summed E-state index contributed by atoms with van der Waals surface area (Å²) in [6.45, 7) is 12.8. The highest BCUT2D eigenvalue weighted by Crippen LogP contribution is 2.42. The summed E-state index contributed by atoms with van der Waals surface area (Å²) in [5.74, 6) is -0.410. The number of rotatable bonds is 8. The molecule has 0 saturated heterocycles. The Morgan fingerprint density at radius 3 is 2.12 bits per heavy atom. The van der Waals surface area contributed by atoms with Crippen molar-refractivity contribution in [3.63, 3.8) is 0 Å². The summed E-state index contributed by atoms with van der Waals surface area (Å²) in [6, 6.07) is 3.99. The molecule has 1 aromatic carbocycles. The van der Waals surface area contributed by atoms with Gasteiger partial charge >= 0.3 is 5.97 Å². The number of phenolic OH excluding ortho intramolecular Hbond substituents is 1. The number of hydrogen-bond donors (Lipinski definition) is 2. The van der Waals surface area contributed by atoms with Crippen LogP contribution in [0.1, 0.15) is 90.3 Å². The molecular formula is C21H34O3. The van der Waals surface area contributed by atoms with Crippen molar-refractivity contribution in [2.75, 3.05) is 0 Å². The molecule has 1 rings (SSSR count). The number of phenols is 1. The van der Waals surface area contributed by atoms with Crippen molar-refractivity contribution >= 4 is 5.97 Å². The third kappa shape index (κ3) is 5.54. The minimum Gasteiger partial charge on any atom is -0.507 e. The summed E-state index contributed by atoms with van der Waals surface area (Å²) in [6.07, 6.45) is 5.12. The van der Waals surface area contributed by atoms with E-state index >= 15 is 0 Å². The molecule has 0 radical (unpaired) electrons. The normalized spacial score (nSPS) is 12.4. The van der Waals surface area contributed by atoms with Gasteiger partial charge in [0, 0.05) is 12.0 Å². The smallest absolute Gasteiger partial charge is 0.303 e. The van der Waals surface area contributed by atoms with Crippen LogP contribution in [-0.4, -0.2) is 16.2 Å². The topological polar surface area (TPSA) is 57.5 Å². The number of carboxylic acids is 1. The molecule has 0 aliphatic rings. The van der Waals surface area contributed by atoms with E-state index in [2.05, 4.69) is 41.5 Å². The first-order valence-electron chi connectivity index (χ1n) is 9.07. The molecule has 3 heteroatoms. The van der Waals surface area contributed by atoms with Crippen LogP contribution in [0.3, 0.4) is 0 Å². The average Bonchev–Trinajstić information content (AvgIpc) is 2.44. The highest BCUT2D eigenvalue weighted by Gasteiger charge is 2.29. The molecule has 0 aliphatic carbocycles. The number of carboxylic acid groups (broad SMARTS) is 1. The van der Waals surface area contributed by atoms with Gasteiger partial charge in [-0.2, -0.15) is 0 Å². The van der Waals surface area contributed by atoms with Gasteiger partial charge in [-0.3, -0.25) is 4.79 Å². The second kappa shape index (κ2) is 8.04. The van der Waals surface area contributed by atoms with Gasteiger partial charge in [0.05, 0.1) is 0 Å². The second-order valence-electron chi connectivity index (χ2n) is 8.52. The van der Waals surface area contributed by atoms with Gasteiger partial charge in [-0.1, -0.05) is 72.9 Å². The molecule has 0 amide bonds. The molecule has 24 heavy (non-hydrogen) atoms. The molecule has 0 bridgehead atoms. The van der Waals surface area contributed by atoms with E-state index in [-0.39, 0.29) is 17.3 Å². The van der Waals surface area contributed by atoms with Crippen LogP contribution in [0.15, 0.2) is 12.1 Å². The summed E-state index contributed by atoms with van der Waals surface area (Å²) < 4.78 is 0. The third-order valence-electron chi connectivity index (χ3n) is 4.74. The molecular weight excluding hydrogens is 300 g/mol. The van der Waals surface area contributed by atoms with Gasteiger partial charge in [0.25, 0.3) is 0 Å². The number of benzene rings is 1. The average molecular weight is 335 g/mol. The maximum Gasteiger partial charge on any atom is 0.303 e. The van der Waals surface area contributed by atoms with E-state index in [0.717, 1.165) is 29.5 Å². The fourth-order valence-corrected chi connectivity index (χ4v) is 3.13. The molecule has 0 spiro atoms. The van der Waals surface area contributed by atoms with Crippen molar-refractivity contribution in [1.29, 1.82) is 0 Å². The molecule has 1 aromatic rings. The molecule has 3 nitrogen and oxygen atoms in total. The Morgan fingerprint density at radius 1 is 1.04 bits per heavy atom. The molecule has 0 atom stereocenters. The summed E-state index contributed by atoms with van der Waals surface area (Å²) in [4.78, 5) is 10.9. The van der Waals surface area contributed by atoms with Crippen LogP contribution in [-0.2, 0) is 22.0 Å². The van der Waals surface area contributed by atoms with E-state index in [0.29, 0.717) is 12.2 Å². The van der Waals surface area contributed by atoms with Crippen LogP contribution in [0.2, 0.25) is 0 Å². The van der Waals surface area contributed by atoms with E-state index in [9.17, 15) is 9.90 Å². The quantitative estimate of drug-likeness (QED) is 0.611. The van der Waals surface area contributed by atoms with E-state index in [1.807, 2.05) is 12.1 Å². The predicted octanol–water partition coefficient (Wildman–Crippen LogP) is 5.56. The SMILES string of the molecule is CCCCCC(C)(C)c1cc(CCC(=O)O)cc(C(C)(C)C)c1O. The van der Waals surface area contributed by atoms with Crippen LogP contribution in [0.5, 0.6) is 5.75 Å². The van der Waals surface area contributed by atoms with Crippen LogP contribution in [0.25, 0.3) is 0 Å². The van der Waals surface area contributed by atoms with Gasteiger partial charge in [-0.25, -0.2) is 0 Å². The highest BCUT2D eigenvalue weighted by molar-refractivity contribution is 5.67. The van der Waals surface area contributed by atoms with Gasteiger partial charge in [0.1, 0.15) is 5.75 Å². The Kier molecular flexibility index (Phi) is 6.88. The number of aliphatic carboxylic acids is 1. The van der Waals surface area contributed by atoms with Gasteiger partial charge in [0.15, 0.2) is 0 Å². The van der Waals surface area contributed by atoms with Crippen LogP contribution < -0.4 is 0 Å². The van der Waals surface area contributed by atoms with Gasteiger partial charge in [0.2, 0.25) is 0 Å². The lowest BCUT2D eigenvalue weighted by atomic mass is 9.75. The first-order chi connectivity index (χ1) is 11.0. The second-order valence-corrected chi connectivity index (χ2v) is 8.52. The van der Waals surface area contributed by atoms with E-state index in [1.54, 1.807) is 0 Å². The van der Waals surface area contributed by atoms with Gasteiger partial charge in [-0.15, -0.1) is 0 Å². The van der Waals surface area contributed by atoms with E-state index in [4.69, 9.17) is 5.11 Å². The Bertz CT molecular complexity index is 565. The third-order valence-corrected chi connectivity index (χ3v) is 4.74. The summed E-state index contributed by atoms with van der Waals surface area (Å²) in [5, 5.41) is 19.9. The van der Waals surface area contributed by atoms with Crippen molar-refractivity contribution in [1.82, 2.24) is 0 Å². The monoisotopic (exact) mass is 334 g/mol. The lowest BCUT2D eigenvalue weighted by Gasteiger charge is -2.31. The molecule has 0 aromatic heterocycles. The van der Waals surface area contributed by atoms with E-state index < -0.39 is 5.97 Å². The van der Waals surface area contributed by atoms with E-state index in [1.165, 1.54) is 12.8 Å². The summed E-state index contributed by atoms with van der Waals surface area (Å²) >= 11 is 0. The number of aryl methyl sites for hydroxylation is 1. The summed E-state index contributed by atoms with van der Waals surface area (Å²) in [7, 11) is 0. The van der Waals surface area contributed by atoms with Crippen molar-refractivity contribution < 1.29 is 15.0 Å². The Morgan fingerprint density at radius 2 is 1.62 bits per heavy atom. The lowest BCUT2D eigenvalue weighted by molar-refractivity contribution is -0.136.